The Kier molecular flexibility index (Phi) is 35.9. The number of carboxylic acids is 1. The smallest absolute Gasteiger partial charge is 0.408 e. The van der Waals surface area contributed by atoms with E-state index < -0.39 is 23.7 Å². The molecular formula is C46H90N2O5. The monoisotopic (exact) mass is 751 g/mol. The number of unbranched alkanes of at least 4 members (excludes halogenated alkanes) is 30. The summed E-state index contributed by atoms with van der Waals surface area (Å²) >= 11 is 0. The Morgan fingerprint density at radius 1 is 0.509 bits per heavy atom. The lowest BCUT2D eigenvalue weighted by atomic mass is 10.0. The summed E-state index contributed by atoms with van der Waals surface area (Å²) in [4.78, 5) is 39.7. The highest BCUT2D eigenvalue weighted by Crippen LogP contribution is 2.17. The molecule has 0 saturated carbocycles. The largest absolute Gasteiger partial charge is 0.481 e. The van der Waals surface area contributed by atoms with Crippen molar-refractivity contribution in [3.8, 4) is 0 Å². The number of rotatable bonds is 39. The minimum atomic E-state index is -0.976. The van der Waals surface area contributed by atoms with Crippen LogP contribution in [0.2, 0.25) is 0 Å². The first-order valence-electron chi connectivity index (χ1n) is 23.1. The quantitative estimate of drug-likeness (QED) is 0.0610. The van der Waals surface area contributed by atoms with Crippen molar-refractivity contribution in [2.24, 2.45) is 0 Å². The zero-order valence-corrected chi connectivity index (χ0v) is 36.1. The molecule has 0 aliphatic carbocycles. The first kappa shape index (κ1) is 51.2. The summed E-state index contributed by atoms with van der Waals surface area (Å²) in [6.45, 7) is 11.2. The molecule has 7 heteroatoms. The number of nitrogens with zero attached hydrogens (tertiary/aromatic N) is 1. The number of amides is 2. The van der Waals surface area contributed by atoms with Crippen LogP contribution in [0.25, 0.3) is 0 Å². The molecular weight excluding hydrogens is 661 g/mol. The minimum absolute atomic E-state index is 0.0574. The van der Waals surface area contributed by atoms with Crippen LogP contribution in [0.15, 0.2) is 0 Å². The van der Waals surface area contributed by atoms with Crippen molar-refractivity contribution in [1.82, 2.24) is 10.2 Å². The molecule has 0 saturated heterocycles. The number of nitrogens with one attached hydrogen (secondary N) is 1. The van der Waals surface area contributed by atoms with Gasteiger partial charge in [-0.3, -0.25) is 9.59 Å². The van der Waals surface area contributed by atoms with Gasteiger partial charge in [-0.15, -0.1) is 0 Å². The first-order valence-corrected chi connectivity index (χ1v) is 23.1. The number of carbonyl (C=O) groups is 3. The molecule has 7 nitrogen and oxygen atoms in total. The van der Waals surface area contributed by atoms with Crippen LogP contribution in [-0.2, 0) is 14.3 Å². The van der Waals surface area contributed by atoms with Crippen LogP contribution in [0.1, 0.15) is 253 Å². The normalized spacial score (nSPS) is 12.2. The fourth-order valence-corrected chi connectivity index (χ4v) is 7.23. The topological polar surface area (TPSA) is 95.9 Å². The lowest BCUT2D eigenvalue weighted by Crippen LogP contribution is -2.50. The number of aliphatic carboxylic acids is 1. The van der Waals surface area contributed by atoms with Gasteiger partial charge >= 0.3 is 12.1 Å². The van der Waals surface area contributed by atoms with E-state index in [1.807, 2.05) is 4.90 Å². The Labute approximate surface area is 329 Å². The molecule has 0 fully saturated rings. The highest BCUT2D eigenvalue weighted by Gasteiger charge is 2.28. The Balaban J connectivity index is 4.57. The zero-order chi connectivity index (χ0) is 39.3. The molecule has 2 N–H and O–H groups in total. The molecule has 1 unspecified atom stereocenters. The van der Waals surface area contributed by atoms with Crippen molar-refractivity contribution < 1.29 is 24.2 Å². The maximum Gasteiger partial charge on any atom is 0.408 e. The number of hydrogen-bond acceptors (Lipinski definition) is 4. The molecule has 0 aliphatic heterocycles. The first-order chi connectivity index (χ1) is 25.6. The van der Waals surface area contributed by atoms with Gasteiger partial charge in [0, 0.05) is 19.5 Å². The van der Waals surface area contributed by atoms with E-state index in [1.54, 1.807) is 20.8 Å². The van der Waals surface area contributed by atoms with Crippen molar-refractivity contribution in [1.29, 1.82) is 0 Å². The van der Waals surface area contributed by atoms with Crippen molar-refractivity contribution >= 4 is 18.0 Å². The number of alkyl carbamates (subject to hydrolysis) is 1. The molecule has 0 aromatic heterocycles. The van der Waals surface area contributed by atoms with Crippen LogP contribution in [0.3, 0.4) is 0 Å². The van der Waals surface area contributed by atoms with Crippen LogP contribution in [-0.4, -0.2) is 52.7 Å². The predicted molar refractivity (Wildman–Crippen MR) is 226 cm³/mol. The van der Waals surface area contributed by atoms with E-state index >= 15 is 0 Å². The summed E-state index contributed by atoms with van der Waals surface area (Å²) in [5.41, 5.74) is -0.703. The summed E-state index contributed by atoms with van der Waals surface area (Å²) < 4.78 is 5.42. The molecule has 0 aromatic rings. The standard InChI is InChI=1S/C46H90N2O5/c1-6-8-10-12-14-16-18-20-22-24-26-28-30-32-34-36-40-48(44(51)42(38-39-43(49)50)47-45(52)53-46(3,4)5)41-37-35-33-31-29-27-25-23-21-19-17-15-13-11-9-7-2/h42H,6-41H2,1-5H3,(H,47,52)(H,49,50). The van der Waals surface area contributed by atoms with Crippen LogP contribution in [0, 0.1) is 0 Å². The van der Waals surface area contributed by atoms with Gasteiger partial charge in [0.15, 0.2) is 0 Å². The average Bonchev–Trinajstić information content (AvgIpc) is 3.10. The van der Waals surface area contributed by atoms with Gasteiger partial charge in [-0.05, 0) is 40.0 Å². The number of carboxylic acid groups (broad SMARTS) is 1. The Bertz CT molecular complexity index is 806. The van der Waals surface area contributed by atoms with E-state index in [2.05, 4.69) is 19.2 Å². The van der Waals surface area contributed by atoms with Crippen molar-refractivity contribution in [2.45, 2.75) is 265 Å². The van der Waals surface area contributed by atoms with Gasteiger partial charge in [-0.1, -0.05) is 206 Å². The maximum atomic E-state index is 13.8. The minimum Gasteiger partial charge on any atom is -0.481 e. The third kappa shape index (κ3) is 36.9. The van der Waals surface area contributed by atoms with Crippen molar-refractivity contribution in [3.63, 3.8) is 0 Å². The van der Waals surface area contributed by atoms with Crippen LogP contribution >= 0.6 is 0 Å². The number of hydrogen-bond donors (Lipinski definition) is 2. The van der Waals surface area contributed by atoms with Gasteiger partial charge in [-0.25, -0.2) is 4.79 Å². The van der Waals surface area contributed by atoms with Crippen LogP contribution < -0.4 is 5.32 Å². The molecule has 1 atom stereocenters. The Morgan fingerprint density at radius 2 is 0.792 bits per heavy atom. The third-order valence-corrected chi connectivity index (χ3v) is 10.5. The Hall–Kier alpha value is -1.79. The molecule has 0 aliphatic rings. The van der Waals surface area contributed by atoms with Gasteiger partial charge in [0.2, 0.25) is 5.91 Å². The van der Waals surface area contributed by atoms with E-state index in [4.69, 9.17) is 4.74 Å². The maximum absolute atomic E-state index is 13.8. The van der Waals surface area contributed by atoms with Gasteiger partial charge in [0.05, 0.1) is 0 Å². The summed E-state index contributed by atoms with van der Waals surface area (Å²) in [7, 11) is 0. The second-order valence-electron chi connectivity index (χ2n) is 17.1. The zero-order valence-electron chi connectivity index (χ0n) is 36.1. The van der Waals surface area contributed by atoms with Crippen LogP contribution in [0.4, 0.5) is 4.79 Å². The average molecular weight is 751 g/mol. The molecule has 0 heterocycles. The van der Waals surface area contributed by atoms with E-state index in [1.165, 1.54) is 180 Å². The molecule has 53 heavy (non-hydrogen) atoms. The summed E-state index contributed by atoms with van der Waals surface area (Å²) in [5.74, 6) is -1.16. The summed E-state index contributed by atoms with van der Waals surface area (Å²) in [6.07, 6.45) is 40.9. The highest BCUT2D eigenvalue weighted by molar-refractivity contribution is 5.86. The van der Waals surface area contributed by atoms with Crippen molar-refractivity contribution in [2.75, 3.05) is 13.1 Å². The summed E-state index contributed by atoms with van der Waals surface area (Å²) in [5, 5.41) is 12.1. The molecule has 314 valence electrons. The van der Waals surface area contributed by atoms with Gasteiger partial charge in [0.1, 0.15) is 11.6 Å². The predicted octanol–water partition coefficient (Wildman–Crippen LogP) is 14.1. The van der Waals surface area contributed by atoms with E-state index in [9.17, 15) is 19.5 Å². The molecule has 0 bridgehead atoms. The number of carbonyl (C=O) groups excluding carboxylic acids is 2. The second kappa shape index (κ2) is 37.1. The van der Waals surface area contributed by atoms with E-state index in [-0.39, 0.29) is 18.7 Å². The lowest BCUT2D eigenvalue weighted by Gasteiger charge is -2.29. The molecule has 0 radical (unpaired) electrons. The van der Waals surface area contributed by atoms with Crippen LogP contribution in [0.5, 0.6) is 0 Å². The van der Waals surface area contributed by atoms with Gasteiger partial charge in [-0.2, -0.15) is 0 Å². The fraction of sp³-hybridized carbons (Fsp3) is 0.935. The van der Waals surface area contributed by atoms with E-state index in [0.29, 0.717) is 13.1 Å². The van der Waals surface area contributed by atoms with E-state index in [0.717, 1.165) is 25.7 Å². The van der Waals surface area contributed by atoms with Gasteiger partial charge in [0.25, 0.3) is 0 Å². The Morgan fingerprint density at radius 3 is 1.06 bits per heavy atom. The second-order valence-corrected chi connectivity index (χ2v) is 17.1. The summed E-state index contributed by atoms with van der Waals surface area (Å²) in [6, 6.07) is -0.900. The molecule has 2 amide bonds. The third-order valence-electron chi connectivity index (χ3n) is 10.5. The fourth-order valence-electron chi connectivity index (χ4n) is 7.23. The number of ether oxygens (including phenoxy) is 1. The molecule has 0 spiro atoms. The van der Waals surface area contributed by atoms with Crippen molar-refractivity contribution in [3.05, 3.63) is 0 Å². The molecule has 0 rings (SSSR count). The SMILES string of the molecule is CCCCCCCCCCCCCCCCCCN(CCCCCCCCCCCCCCCCCC)C(=O)C(CCC(=O)O)NC(=O)OC(C)(C)C. The lowest BCUT2D eigenvalue weighted by molar-refractivity contribution is -0.138. The molecule has 0 aromatic carbocycles. The highest BCUT2D eigenvalue weighted by atomic mass is 16.6. The van der Waals surface area contributed by atoms with Gasteiger partial charge < -0.3 is 20.1 Å².